The van der Waals surface area contributed by atoms with Crippen LogP contribution in [0.5, 0.6) is 0 Å². The van der Waals surface area contributed by atoms with E-state index in [0.717, 1.165) is 4.88 Å². The summed E-state index contributed by atoms with van der Waals surface area (Å²) in [7, 11) is 0. The minimum absolute atomic E-state index is 0.109. The molecule has 2 aromatic heterocycles. The van der Waals surface area contributed by atoms with Crippen LogP contribution in [-0.4, -0.2) is 5.97 Å². The van der Waals surface area contributed by atoms with E-state index in [-0.39, 0.29) is 5.76 Å². The molecule has 4 heteroatoms. The Balaban J connectivity index is 2.52. The Morgan fingerprint density at radius 1 is 1.46 bits per heavy atom. The lowest BCUT2D eigenvalue weighted by Crippen LogP contribution is -2.22. The molecule has 0 radical (unpaired) electrons. The molecular weight excluding hydrogens is 188 g/mol. The molecule has 0 fully saturated rings. The molecule has 0 saturated heterocycles. The van der Waals surface area contributed by atoms with Gasteiger partial charge in [0.2, 0.25) is 0 Å². The van der Waals surface area contributed by atoms with Gasteiger partial charge in [0.1, 0.15) is 5.97 Å². The highest BCUT2D eigenvalue weighted by atomic mass is 32.1. The Kier molecular flexibility index (Phi) is 1.90. The van der Waals surface area contributed by atoms with Crippen LogP contribution in [0.1, 0.15) is 10.6 Å². The Morgan fingerprint density at radius 2 is 2.31 bits per heavy atom. The SMILES string of the molecule is O=C([O-])c1occc1-c1cccs1. The average molecular weight is 193 g/mol. The van der Waals surface area contributed by atoms with Crippen LogP contribution in [0.15, 0.2) is 34.3 Å². The van der Waals surface area contributed by atoms with Gasteiger partial charge in [0.15, 0.2) is 5.76 Å². The second kappa shape index (κ2) is 3.06. The first-order valence-corrected chi connectivity index (χ1v) is 4.49. The van der Waals surface area contributed by atoms with Gasteiger partial charge in [-0.15, -0.1) is 11.3 Å². The molecule has 0 N–H and O–H groups in total. The molecule has 2 heterocycles. The molecule has 0 saturated carbocycles. The van der Waals surface area contributed by atoms with Crippen molar-refractivity contribution in [3.8, 4) is 10.4 Å². The lowest BCUT2D eigenvalue weighted by molar-refractivity contribution is -0.256. The summed E-state index contributed by atoms with van der Waals surface area (Å²) < 4.78 is 4.79. The van der Waals surface area contributed by atoms with E-state index in [1.807, 2.05) is 17.5 Å². The van der Waals surface area contributed by atoms with E-state index in [2.05, 4.69) is 0 Å². The first-order valence-electron chi connectivity index (χ1n) is 3.62. The van der Waals surface area contributed by atoms with Crippen molar-refractivity contribution in [1.29, 1.82) is 0 Å². The number of carboxylic acid groups (broad SMARTS) is 1. The van der Waals surface area contributed by atoms with Gasteiger partial charge in [-0.25, -0.2) is 0 Å². The highest BCUT2D eigenvalue weighted by Crippen LogP contribution is 2.28. The van der Waals surface area contributed by atoms with Gasteiger partial charge in [0, 0.05) is 10.4 Å². The molecule has 0 unspecified atom stereocenters. The summed E-state index contributed by atoms with van der Waals surface area (Å²) in [6.07, 6.45) is 1.35. The number of furan rings is 1. The molecule has 2 rings (SSSR count). The van der Waals surface area contributed by atoms with Crippen LogP contribution >= 0.6 is 11.3 Å². The normalized spacial score (nSPS) is 10.2. The highest BCUT2D eigenvalue weighted by molar-refractivity contribution is 7.13. The smallest absolute Gasteiger partial charge is 0.157 e. The summed E-state index contributed by atoms with van der Waals surface area (Å²) in [6, 6.07) is 5.31. The van der Waals surface area contributed by atoms with E-state index >= 15 is 0 Å². The first-order chi connectivity index (χ1) is 6.29. The predicted octanol–water partition coefficient (Wildman–Crippen LogP) is 1.37. The Morgan fingerprint density at radius 3 is 2.92 bits per heavy atom. The maximum Gasteiger partial charge on any atom is 0.157 e. The molecule has 0 spiro atoms. The van der Waals surface area contributed by atoms with E-state index in [1.54, 1.807) is 6.07 Å². The van der Waals surface area contributed by atoms with Crippen LogP contribution in [0.2, 0.25) is 0 Å². The van der Waals surface area contributed by atoms with Crippen molar-refractivity contribution in [3.05, 3.63) is 35.6 Å². The van der Waals surface area contributed by atoms with Crippen molar-refractivity contribution in [2.75, 3.05) is 0 Å². The number of thiophene rings is 1. The topological polar surface area (TPSA) is 53.3 Å². The lowest BCUT2D eigenvalue weighted by atomic mass is 10.2. The number of carbonyl (C=O) groups excluding carboxylic acids is 1. The average Bonchev–Trinajstić information content (AvgIpc) is 2.74. The predicted molar refractivity (Wildman–Crippen MR) is 46.4 cm³/mol. The number of rotatable bonds is 2. The minimum Gasteiger partial charge on any atom is -0.542 e. The van der Waals surface area contributed by atoms with E-state index in [1.165, 1.54) is 17.6 Å². The molecule has 2 aromatic rings. The van der Waals surface area contributed by atoms with Crippen molar-refractivity contribution in [2.45, 2.75) is 0 Å². The van der Waals surface area contributed by atoms with Crippen LogP contribution in [0.3, 0.4) is 0 Å². The fourth-order valence-corrected chi connectivity index (χ4v) is 1.84. The Hall–Kier alpha value is -1.55. The van der Waals surface area contributed by atoms with E-state index in [0.29, 0.717) is 5.56 Å². The van der Waals surface area contributed by atoms with Crippen molar-refractivity contribution >= 4 is 17.3 Å². The summed E-state index contributed by atoms with van der Waals surface area (Å²) in [5.41, 5.74) is 0.579. The van der Waals surface area contributed by atoms with Crippen LogP contribution in [-0.2, 0) is 0 Å². The third kappa shape index (κ3) is 1.36. The molecule has 0 aliphatic carbocycles. The Labute approximate surface area is 78.2 Å². The van der Waals surface area contributed by atoms with Crippen molar-refractivity contribution in [1.82, 2.24) is 0 Å². The summed E-state index contributed by atoms with van der Waals surface area (Å²) in [5.74, 6) is -1.39. The van der Waals surface area contributed by atoms with Crippen LogP contribution in [0, 0.1) is 0 Å². The lowest BCUT2D eigenvalue weighted by Gasteiger charge is -1.99. The quantitative estimate of drug-likeness (QED) is 0.723. The monoisotopic (exact) mass is 193 g/mol. The largest absolute Gasteiger partial charge is 0.542 e. The van der Waals surface area contributed by atoms with Gasteiger partial charge in [-0.05, 0) is 17.5 Å². The highest BCUT2D eigenvalue weighted by Gasteiger charge is 2.09. The molecule has 0 amide bonds. The fraction of sp³-hybridized carbons (Fsp3) is 0. The van der Waals surface area contributed by atoms with E-state index in [9.17, 15) is 9.90 Å². The number of hydrogen-bond acceptors (Lipinski definition) is 4. The van der Waals surface area contributed by atoms with Gasteiger partial charge in [-0.3, -0.25) is 0 Å². The fourth-order valence-electron chi connectivity index (χ4n) is 1.09. The third-order valence-electron chi connectivity index (χ3n) is 1.64. The molecular formula is C9H5O3S-. The molecule has 66 valence electrons. The third-order valence-corrected chi connectivity index (χ3v) is 2.54. The molecule has 3 nitrogen and oxygen atoms in total. The molecule has 0 bridgehead atoms. The van der Waals surface area contributed by atoms with Gasteiger partial charge in [-0.1, -0.05) is 6.07 Å². The standard InChI is InChI=1S/C9H6O3S/c10-9(11)8-6(3-4-12-8)7-2-1-5-13-7/h1-5H,(H,10,11)/p-1. The van der Waals surface area contributed by atoms with Gasteiger partial charge in [0.25, 0.3) is 0 Å². The molecule has 13 heavy (non-hydrogen) atoms. The van der Waals surface area contributed by atoms with Crippen molar-refractivity contribution in [2.24, 2.45) is 0 Å². The summed E-state index contributed by atoms with van der Waals surface area (Å²) in [4.78, 5) is 11.4. The minimum atomic E-state index is -1.28. The molecule has 0 aliphatic heterocycles. The maximum absolute atomic E-state index is 10.6. The van der Waals surface area contributed by atoms with Gasteiger partial charge < -0.3 is 14.3 Å². The number of hydrogen-bond donors (Lipinski definition) is 0. The van der Waals surface area contributed by atoms with Crippen molar-refractivity contribution < 1.29 is 14.3 Å². The Bertz CT molecular complexity index is 414. The van der Waals surface area contributed by atoms with Gasteiger partial charge in [0.05, 0.1) is 6.26 Å². The molecule has 0 atom stereocenters. The van der Waals surface area contributed by atoms with Crippen LogP contribution in [0.25, 0.3) is 10.4 Å². The zero-order valence-electron chi connectivity index (χ0n) is 6.52. The number of carboxylic acids is 1. The molecule has 0 aromatic carbocycles. The summed E-state index contributed by atoms with van der Waals surface area (Å²) in [5, 5.41) is 12.5. The van der Waals surface area contributed by atoms with Gasteiger partial charge >= 0.3 is 0 Å². The zero-order chi connectivity index (χ0) is 9.26. The second-order valence-electron chi connectivity index (χ2n) is 2.43. The van der Waals surface area contributed by atoms with Crippen molar-refractivity contribution in [3.63, 3.8) is 0 Å². The van der Waals surface area contributed by atoms with Crippen LogP contribution < -0.4 is 5.11 Å². The number of carbonyl (C=O) groups is 1. The molecule has 0 aliphatic rings. The van der Waals surface area contributed by atoms with Gasteiger partial charge in [-0.2, -0.15) is 0 Å². The maximum atomic E-state index is 10.6. The van der Waals surface area contributed by atoms with Crippen LogP contribution in [0.4, 0.5) is 0 Å². The first kappa shape index (κ1) is 8.07. The second-order valence-corrected chi connectivity index (χ2v) is 3.38. The van der Waals surface area contributed by atoms with E-state index in [4.69, 9.17) is 4.42 Å². The summed E-state index contributed by atoms with van der Waals surface area (Å²) >= 11 is 1.46. The number of aromatic carboxylic acids is 1. The van der Waals surface area contributed by atoms with E-state index < -0.39 is 5.97 Å². The zero-order valence-corrected chi connectivity index (χ0v) is 7.34. The summed E-state index contributed by atoms with van der Waals surface area (Å²) in [6.45, 7) is 0.